The predicted molar refractivity (Wildman–Crippen MR) is 74.8 cm³/mol. The van der Waals surface area contributed by atoms with Crippen molar-refractivity contribution >= 4 is 33.0 Å². The number of rotatable bonds is 4. The van der Waals surface area contributed by atoms with Crippen molar-refractivity contribution in [3.8, 4) is 11.5 Å². The highest BCUT2D eigenvalue weighted by Gasteiger charge is 2.13. The quantitative estimate of drug-likeness (QED) is 0.805. The maximum atomic E-state index is 11.2. The number of aldehydes is 1. The SMILES string of the molecule is CCOc1ccc(C=O)c2c(OC)c(Br)ccc12. The summed E-state index contributed by atoms with van der Waals surface area (Å²) in [6, 6.07) is 7.36. The molecule has 0 fully saturated rings. The van der Waals surface area contributed by atoms with Crippen LogP contribution in [0.15, 0.2) is 28.7 Å². The fraction of sp³-hybridized carbons (Fsp3) is 0.214. The molecule has 0 aliphatic rings. The molecule has 2 aromatic rings. The lowest BCUT2D eigenvalue weighted by Crippen LogP contribution is -1.96. The molecule has 94 valence electrons. The minimum absolute atomic E-state index is 0.577. The molecule has 2 rings (SSSR count). The van der Waals surface area contributed by atoms with E-state index in [0.717, 1.165) is 27.3 Å². The third-order valence-electron chi connectivity index (χ3n) is 2.71. The largest absolute Gasteiger partial charge is 0.495 e. The third-order valence-corrected chi connectivity index (χ3v) is 3.33. The van der Waals surface area contributed by atoms with Crippen molar-refractivity contribution in [2.75, 3.05) is 13.7 Å². The Morgan fingerprint density at radius 2 is 2.06 bits per heavy atom. The number of carbonyl (C=O) groups excluding carboxylic acids is 1. The van der Waals surface area contributed by atoms with Gasteiger partial charge in [-0.2, -0.15) is 0 Å². The molecule has 0 saturated carbocycles. The summed E-state index contributed by atoms with van der Waals surface area (Å²) in [6.45, 7) is 2.50. The Labute approximate surface area is 114 Å². The van der Waals surface area contributed by atoms with Crippen LogP contribution in [0.5, 0.6) is 11.5 Å². The van der Waals surface area contributed by atoms with E-state index in [9.17, 15) is 4.79 Å². The highest BCUT2D eigenvalue weighted by Crippen LogP contribution is 2.39. The van der Waals surface area contributed by atoms with Crippen LogP contribution in [0, 0.1) is 0 Å². The smallest absolute Gasteiger partial charge is 0.150 e. The molecule has 0 heterocycles. The second-order valence-corrected chi connectivity index (χ2v) is 4.56. The van der Waals surface area contributed by atoms with Crippen molar-refractivity contribution in [3.63, 3.8) is 0 Å². The zero-order valence-electron chi connectivity index (χ0n) is 10.2. The van der Waals surface area contributed by atoms with Gasteiger partial charge in [0.15, 0.2) is 6.29 Å². The van der Waals surface area contributed by atoms with Gasteiger partial charge >= 0.3 is 0 Å². The topological polar surface area (TPSA) is 35.5 Å². The summed E-state index contributed by atoms with van der Waals surface area (Å²) in [5.41, 5.74) is 0.589. The van der Waals surface area contributed by atoms with Crippen molar-refractivity contribution in [2.24, 2.45) is 0 Å². The van der Waals surface area contributed by atoms with E-state index in [0.29, 0.717) is 17.9 Å². The van der Waals surface area contributed by atoms with Crippen LogP contribution >= 0.6 is 15.9 Å². The fourth-order valence-corrected chi connectivity index (χ4v) is 2.46. The van der Waals surface area contributed by atoms with E-state index >= 15 is 0 Å². The number of carbonyl (C=O) groups is 1. The van der Waals surface area contributed by atoms with E-state index < -0.39 is 0 Å². The van der Waals surface area contributed by atoms with Crippen LogP contribution < -0.4 is 9.47 Å². The van der Waals surface area contributed by atoms with Crippen LogP contribution in [-0.2, 0) is 0 Å². The van der Waals surface area contributed by atoms with Crippen molar-refractivity contribution in [3.05, 3.63) is 34.3 Å². The molecule has 0 radical (unpaired) electrons. The number of hydrogen-bond donors (Lipinski definition) is 0. The Balaban J connectivity index is 2.85. The first-order chi connectivity index (χ1) is 8.72. The van der Waals surface area contributed by atoms with Gasteiger partial charge in [0.25, 0.3) is 0 Å². The molecule has 0 aliphatic carbocycles. The molecule has 0 aromatic heterocycles. The summed E-state index contributed by atoms with van der Waals surface area (Å²) in [5, 5.41) is 1.65. The van der Waals surface area contributed by atoms with Crippen molar-refractivity contribution in [1.29, 1.82) is 0 Å². The highest BCUT2D eigenvalue weighted by atomic mass is 79.9. The van der Waals surface area contributed by atoms with Crippen LogP contribution in [0.3, 0.4) is 0 Å². The van der Waals surface area contributed by atoms with E-state index in [2.05, 4.69) is 15.9 Å². The summed E-state index contributed by atoms with van der Waals surface area (Å²) < 4.78 is 11.8. The maximum absolute atomic E-state index is 11.2. The Morgan fingerprint density at radius 1 is 1.28 bits per heavy atom. The van der Waals surface area contributed by atoms with Gasteiger partial charge in [0.05, 0.1) is 18.2 Å². The van der Waals surface area contributed by atoms with Gasteiger partial charge in [0.1, 0.15) is 11.5 Å². The number of fused-ring (bicyclic) bond motifs is 1. The van der Waals surface area contributed by atoms with E-state index in [4.69, 9.17) is 9.47 Å². The first-order valence-corrected chi connectivity index (χ1v) is 6.39. The number of hydrogen-bond acceptors (Lipinski definition) is 3. The molecule has 0 aliphatic heterocycles. The van der Waals surface area contributed by atoms with Gasteiger partial charge in [-0.1, -0.05) is 0 Å². The summed E-state index contributed by atoms with van der Waals surface area (Å²) >= 11 is 3.42. The summed E-state index contributed by atoms with van der Waals surface area (Å²) in [5.74, 6) is 1.40. The zero-order valence-corrected chi connectivity index (χ0v) is 11.8. The molecule has 0 saturated heterocycles. The van der Waals surface area contributed by atoms with Gasteiger partial charge < -0.3 is 9.47 Å². The molecule has 0 unspecified atom stereocenters. The van der Waals surface area contributed by atoms with Crippen molar-refractivity contribution in [2.45, 2.75) is 6.92 Å². The summed E-state index contributed by atoms with van der Waals surface area (Å²) in [6.07, 6.45) is 0.826. The van der Waals surface area contributed by atoms with Gasteiger partial charge in [-0.3, -0.25) is 4.79 Å². The Bertz CT molecular complexity index is 593. The van der Waals surface area contributed by atoms with Gasteiger partial charge in [-0.25, -0.2) is 0 Å². The van der Waals surface area contributed by atoms with E-state index in [1.54, 1.807) is 13.2 Å². The lowest BCUT2D eigenvalue weighted by Gasteiger charge is -2.13. The summed E-state index contributed by atoms with van der Waals surface area (Å²) in [4.78, 5) is 11.2. The van der Waals surface area contributed by atoms with Gasteiger partial charge in [0, 0.05) is 16.3 Å². The third kappa shape index (κ3) is 2.08. The van der Waals surface area contributed by atoms with E-state index in [-0.39, 0.29) is 0 Å². The van der Waals surface area contributed by atoms with Crippen LogP contribution in [0.2, 0.25) is 0 Å². The number of methoxy groups -OCH3 is 1. The molecule has 0 spiro atoms. The van der Waals surface area contributed by atoms with E-state index in [1.165, 1.54) is 0 Å². The molecule has 2 aromatic carbocycles. The molecular weight excluding hydrogens is 296 g/mol. The Kier molecular flexibility index (Phi) is 3.87. The average Bonchev–Trinajstić information content (AvgIpc) is 2.39. The fourth-order valence-electron chi connectivity index (χ4n) is 1.97. The Morgan fingerprint density at radius 3 is 2.67 bits per heavy atom. The molecular formula is C14H13BrO3. The van der Waals surface area contributed by atoms with Crippen molar-refractivity contribution in [1.82, 2.24) is 0 Å². The van der Waals surface area contributed by atoms with Crippen LogP contribution in [-0.4, -0.2) is 20.0 Å². The number of benzene rings is 2. The molecule has 0 atom stereocenters. The average molecular weight is 309 g/mol. The molecule has 3 nitrogen and oxygen atoms in total. The molecule has 18 heavy (non-hydrogen) atoms. The van der Waals surface area contributed by atoms with Crippen LogP contribution in [0.4, 0.5) is 0 Å². The monoisotopic (exact) mass is 308 g/mol. The lowest BCUT2D eigenvalue weighted by molar-refractivity contribution is 0.112. The van der Waals surface area contributed by atoms with Crippen LogP contribution in [0.25, 0.3) is 10.8 Å². The highest BCUT2D eigenvalue weighted by molar-refractivity contribution is 9.10. The second kappa shape index (κ2) is 5.40. The number of halogens is 1. The van der Waals surface area contributed by atoms with Gasteiger partial charge in [-0.05, 0) is 47.1 Å². The molecule has 0 bridgehead atoms. The predicted octanol–water partition coefficient (Wildman–Crippen LogP) is 3.82. The summed E-state index contributed by atoms with van der Waals surface area (Å²) in [7, 11) is 1.58. The maximum Gasteiger partial charge on any atom is 0.150 e. The number of ether oxygens (including phenoxy) is 2. The van der Waals surface area contributed by atoms with E-state index in [1.807, 2.05) is 25.1 Å². The minimum atomic E-state index is 0.577. The lowest BCUT2D eigenvalue weighted by atomic mass is 10.0. The normalized spacial score (nSPS) is 10.4. The van der Waals surface area contributed by atoms with Gasteiger partial charge in [0.2, 0.25) is 0 Å². The van der Waals surface area contributed by atoms with Crippen LogP contribution in [0.1, 0.15) is 17.3 Å². The standard InChI is InChI=1S/C14H13BrO3/c1-3-18-12-7-4-9(8-16)13-10(12)5-6-11(15)14(13)17-2/h4-8H,3H2,1-2H3. The molecule has 0 N–H and O–H groups in total. The Hall–Kier alpha value is -1.55. The second-order valence-electron chi connectivity index (χ2n) is 3.71. The van der Waals surface area contributed by atoms with Gasteiger partial charge in [-0.15, -0.1) is 0 Å². The zero-order chi connectivity index (χ0) is 13.1. The first-order valence-electron chi connectivity index (χ1n) is 5.60. The molecule has 0 amide bonds. The minimum Gasteiger partial charge on any atom is -0.495 e. The van der Waals surface area contributed by atoms with Crippen molar-refractivity contribution < 1.29 is 14.3 Å². The molecule has 4 heteroatoms. The first kappa shape index (κ1) is 12.9.